The molecule has 1 aromatic rings. The van der Waals surface area contributed by atoms with Gasteiger partial charge in [-0.25, -0.2) is 4.79 Å². The van der Waals surface area contributed by atoms with Gasteiger partial charge in [-0.2, -0.15) is 0 Å². The van der Waals surface area contributed by atoms with Crippen molar-refractivity contribution in [2.75, 3.05) is 6.61 Å². The van der Waals surface area contributed by atoms with E-state index in [0.29, 0.717) is 6.61 Å². The van der Waals surface area contributed by atoms with Gasteiger partial charge in [-0.15, -0.1) is 0 Å². The first kappa shape index (κ1) is 13.4. The molecule has 1 aromatic carbocycles. The summed E-state index contributed by atoms with van der Waals surface area (Å²) in [4.78, 5) is 15.9. The molecular formula is C14H19NO2. The maximum atomic E-state index is 11.6. The number of carbonyl (C=O) groups excluding carboxylic acids is 1. The molecule has 0 amide bonds. The lowest BCUT2D eigenvalue weighted by Gasteiger charge is -2.09. The lowest BCUT2D eigenvalue weighted by molar-refractivity contribution is -0.144. The number of hydrogen-bond donors (Lipinski definition) is 0. The number of aliphatic imine (C=N–C) groups is 1. The molecule has 0 aliphatic heterocycles. The van der Waals surface area contributed by atoms with E-state index >= 15 is 0 Å². The van der Waals surface area contributed by atoms with Crippen molar-refractivity contribution in [3.05, 3.63) is 35.9 Å². The average molecular weight is 233 g/mol. The maximum Gasteiger partial charge on any atom is 0.330 e. The predicted octanol–water partition coefficient (Wildman–Crippen LogP) is 2.84. The van der Waals surface area contributed by atoms with Gasteiger partial charge in [0.25, 0.3) is 0 Å². The SMILES string of the molecule is CCCC(N=Cc1ccccc1)C(=O)OCC. The molecule has 3 nitrogen and oxygen atoms in total. The van der Waals surface area contributed by atoms with Crippen molar-refractivity contribution < 1.29 is 9.53 Å². The first-order chi connectivity index (χ1) is 8.27. The van der Waals surface area contributed by atoms with Crippen LogP contribution >= 0.6 is 0 Å². The second-order valence-electron chi connectivity index (χ2n) is 3.75. The first-order valence-electron chi connectivity index (χ1n) is 6.02. The smallest absolute Gasteiger partial charge is 0.330 e. The minimum Gasteiger partial charge on any atom is -0.464 e. The van der Waals surface area contributed by atoms with Gasteiger partial charge in [0.2, 0.25) is 0 Å². The fraction of sp³-hybridized carbons (Fsp3) is 0.429. The van der Waals surface area contributed by atoms with Crippen molar-refractivity contribution in [3.63, 3.8) is 0 Å². The quantitative estimate of drug-likeness (QED) is 0.560. The van der Waals surface area contributed by atoms with Crippen LogP contribution in [0.25, 0.3) is 0 Å². The normalized spacial score (nSPS) is 12.6. The Bertz CT molecular complexity index is 360. The summed E-state index contributed by atoms with van der Waals surface area (Å²) in [6.45, 7) is 4.24. The summed E-state index contributed by atoms with van der Waals surface area (Å²) >= 11 is 0. The van der Waals surface area contributed by atoms with Crippen LogP contribution in [-0.2, 0) is 9.53 Å². The molecule has 3 heteroatoms. The minimum atomic E-state index is -0.375. The zero-order chi connectivity index (χ0) is 12.5. The van der Waals surface area contributed by atoms with E-state index in [4.69, 9.17) is 4.74 Å². The third-order valence-corrected chi connectivity index (χ3v) is 2.32. The van der Waals surface area contributed by atoms with Gasteiger partial charge >= 0.3 is 5.97 Å². The third-order valence-electron chi connectivity index (χ3n) is 2.32. The fourth-order valence-electron chi connectivity index (χ4n) is 1.48. The van der Waals surface area contributed by atoms with Crippen LogP contribution < -0.4 is 0 Å². The maximum absolute atomic E-state index is 11.6. The van der Waals surface area contributed by atoms with Gasteiger partial charge in [-0.3, -0.25) is 4.99 Å². The molecule has 0 aliphatic rings. The van der Waals surface area contributed by atoms with Crippen LogP contribution in [0.15, 0.2) is 35.3 Å². The molecule has 0 fully saturated rings. The Hall–Kier alpha value is -1.64. The zero-order valence-corrected chi connectivity index (χ0v) is 10.4. The summed E-state index contributed by atoms with van der Waals surface area (Å²) in [5.41, 5.74) is 0.998. The highest BCUT2D eigenvalue weighted by atomic mass is 16.5. The van der Waals surface area contributed by atoms with E-state index in [1.54, 1.807) is 6.21 Å². The molecule has 1 rings (SSSR count). The standard InChI is InChI=1S/C14H19NO2/c1-3-8-13(14(16)17-4-2)15-11-12-9-6-5-7-10-12/h5-7,9-11,13H,3-4,8H2,1-2H3. The van der Waals surface area contributed by atoms with E-state index in [1.165, 1.54) is 0 Å². The molecule has 0 bridgehead atoms. The van der Waals surface area contributed by atoms with Gasteiger partial charge in [0.15, 0.2) is 0 Å². The molecule has 0 radical (unpaired) electrons. The number of carbonyl (C=O) groups is 1. The molecule has 1 unspecified atom stereocenters. The summed E-state index contributed by atoms with van der Waals surface area (Å²) in [6.07, 6.45) is 3.37. The number of ether oxygens (including phenoxy) is 1. The van der Waals surface area contributed by atoms with E-state index in [2.05, 4.69) is 4.99 Å². The van der Waals surface area contributed by atoms with Crippen molar-refractivity contribution in [1.82, 2.24) is 0 Å². The van der Waals surface area contributed by atoms with E-state index in [9.17, 15) is 4.79 Å². The van der Waals surface area contributed by atoms with Crippen LogP contribution in [0.1, 0.15) is 32.3 Å². The van der Waals surface area contributed by atoms with Gasteiger partial charge < -0.3 is 4.74 Å². The predicted molar refractivity (Wildman–Crippen MR) is 69.4 cm³/mol. The Morgan fingerprint density at radius 3 is 2.65 bits per heavy atom. The molecular weight excluding hydrogens is 214 g/mol. The molecule has 17 heavy (non-hydrogen) atoms. The highest BCUT2D eigenvalue weighted by Gasteiger charge is 2.16. The van der Waals surface area contributed by atoms with E-state index in [-0.39, 0.29) is 12.0 Å². The van der Waals surface area contributed by atoms with E-state index in [0.717, 1.165) is 18.4 Å². The van der Waals surface area contributed by atoms with Crippen LogP contribution in [0.2, 0.25) is 0 Å². The highest BCUT2D eigenvalue weighted by molar-refractivity contribution is 5.83. The van der Waals surface area contributed by atoms with Crippen molar-refractivity contribution in [2.45, 2.75) is 32.7 Å². The van der Waals surface area contributed by atoms with Crippen LogP contribution in [0.3, 0.4) is 0 Å². The largest absolute Gasteiger partial charge is 0.464 e. The number of benzene rings is 1. The second-order valence-corrected chi connectivity index (χ2v) is 3.75. The van der Waals surface area contributed by atoms with E-state index < -0.39 is 0 Å². The van der Waals surface area contributed by atoms with Crippen LogP contribution in [0.5, 0.6) is 0 Å². The van der Waals surface area contributed by atoms with Gasteiger partial charge in [0.05, 0.1) is 6.61 Å². The molecule has 0 aromatic heterocycles. The Labute approximate surface area is 103 Å². The topological polar surface area (TPSA) is 38.7 Å². The Morgan fingerprint density at radius 2 is 2.06 bits per heavy atom. The van der Waals surface area contributed by atoms with Crippen LogP contribution in [-0.4, -0.2) is 24.8 Å². The highest BCUT2D eigenvalue weighted by Crippen LogP contribution is 2.05. The van der Waals surface area contributed by atoms with Crippen LogP contribution in [0.4, 0.5) is 0 Å². The molecule has 0 saturated heterocycles. The summed E-state index contributed by atoms with van der Waals surface area (Å²) in [7, 11) is 0. The third kappa shape index (κ3) is 4.81. The monoisotopic (exact) mass is 233 g/mol. The molecule has 0 N–H and O–H groups in total. The minimum absolute atomic E-state index is 0.235. The Morgan fingerprint density at radius 1 is 1.35 bits per heavy atom. The van der Waals surface area contributed by atoms with Crippen LogP contribution in [0, 0.1) is 0 Å². The second kappa shape index (κ2) is 7.60. The van der Waals surface area contributed by atoms with Crippen molar-refractivity contribution in [2.24, 2.45) is 4.99 Å². The summed E-state index contributed by atoms with van der Waals surface area (Å²) in [5.74, 6) is -0.235. The Balaban J connectivity index is 2.66. The lowest BCUT2D eigenvalue weighted by atomic mass is 10.2. The van der Waals surface area contributed by atoms with Gasteiger partial charge in [-0.1, -0.05) is 43.7 Å². The molecule has 92 valence electrons. The summed E-state index contributed by atoms with van der Waals surface area (Å²) in [6, 6.07) is 9.38. The summed E-state index contributed by atoms with van der Waals surface area (Å²) in [5, 5.41) is 0. The van der Waals surface area contributed by atoms with Gasteiger partial charge in [0, 0.05) is 6.21 Å². The van der Waals surface area contributed by atoms with Crippen molar-refractivity contribution in [3.8, 4) is 0 Å². The number of rotatable bonds is 6. The molecule has 0 heterocycles. The molecule has 0 aliphatic carbocycles. The van der Waals surface area contributed by atoms with Gasteiger partial charge in [0.1, 0.15) is 6.04 Å². The lowest BCUT2D eigenvalue weighted by Crippen LogP contribution is -2.21. The number of esters is 1. The molecule has 0 saturated carbocycles. The fourth-order valence-corrected chi connectivity index (χ4v) is 1.48. The molecule has 1 atom stereocenters. The molecule has 0 spiro atoms. The van der Waals surface area contributed by atoms with Gasteiger partial charge in [-0.05, 0) is 18.9 Å². The van der Waals surface area contributed by atoms with E-state index in [1.807, 2.05) is 44.2 Å². The number of hydrogen-bond acceptors (Lipinski definition) is 3. The first-order valence-corrected chi connectivity index (χ1v) is 6.02. The van der Waals surface area contributed by atoms with Crippen molar-refractivity contribution >= 4 is 12.2 Å². The van der Waals surface area contributed by atoms with Crippen molar-refractivity contribution in [1.29, 1.82) is 0 Å². The Kier molecular flexibility index (Phi) is 6.00. The summed E-state index contributed by atoms with van der Waals surface area (Å²) < 4.78 is 4.99. The average Bonchev–Trinajstić information content (AvgIpc) is 2.36. The zero-order valence-electron chi connectivity index (χ0n) is 10.4. The number of nitrogens with zero attached hydrogens (tertiary/aromatic N) is 1.